The van der Waals surface area contributed by atoms with Gasteiger partial charge >= 0.3 is 11.8 Å². The van der Waals surface area contributed by atoms with Gasteiger partial charge in [0.1, 0.15) is 4.92 Å². The van der Waals surface area contributed by atoms with E-state index in [4.69, 9.17) is 8.83 Å². The average molecular weight is 362 g/mol. The number of furan rings is 2. The number of rotatable bonds is 5. The SMILES string of the molecule is O=C(NCC(=O)N1CCCN1C(=O)c1ccc([N+](=O)[O-])o1)c1ccco1. The van der Waals surface area contributed by atoms with Gasteiger partial charge in [-0.1, -0.05) is 0 Å². The van der Waals surface area contributed by atoms with Crippen molar-refractivity contribution in [3.8, 4) is 0 Å². The molecule has 0 bridgehead atoms. The highest BCUT2D eigenvalue weighted by molar-refractivity contribution is 5.96. The summed E-state index contributed by atoms with van der Waals surface area (Å²) < 4.78 is 9.81. The van der Waals surface area contributed by atoms with Crippen LogP contribution in [0.25, 0.3) is 0 Å². The van der Waals surface area contributed by atoms with Crippen molar-refractivity contribution in [1.29, 1.82) is 0 Å². The van der Waals surface area contributed by atoms with Crippen LogP contribution in [-0.2, 0) is 4.79 Å². The third-order valence-electron chi connectivity index (χ3n) is 3.68. The third kappa shape index (κ3) is 3.41. The molecule has 136 valence electrons. The number of carbonyl (C=O) groups excluding carboxylic acids is 3. The Morgan fingerprint density at radius 3 is 2.58 bits per heavy atom. The van der Waals surface area contributed by atoms with E-state index in [0.29, 0.717) is 6.42 Å². The molecule has 26 heavy (non-hydrogen) atoms. The fourth-order valence-electron chi connectivity index (χ4n) is 2.49. The summed E-state index contributed by atoms with van der Waals surface area (Å²) in [4.78, 5) is 46.5. The average Bonchev–Trinajstić information content (AvgIpc) is 3.39. The molecule has 2 aromatic rings. The van der Waals surface area contributed by atoms with Crippen LogP contribution < -0.4 is 5.32 Å². The maximum atomic E-state index is 12.4. The zero-order valence-corrected chi connectivity index (χ0v) is 13.4. The van der Waals surface area contributed by atoms with Crippen molar-refractivity contribution in [1.82, 2.24) is 15.3 Å². The molecule has 0 spiro atoms. The molecular formula is C15H14N4O7. The van der Waals surface area contributed by atoms with Crippen molar-refractivity contribution in [3.63, 3.8) is 0 Å². The van der Waals surface area contributed by atoms with Crippen LogP contribution in [0.4, 0.5) is 5.88 Å². The number of nitro groups is 1. The molecule has 11 heteroatoms. The van der Waals surface area contributed by atoms with Gasteiger partial charge in [-0.2, -0.15) is 0 Å². The summed E-state index contributed by atoms with van der Waals surface area (Å²) in [6, 6.07) is 5.24. The van der Waals surface area contributed by atoms with Gasteiger partial charge in [-0.05, 0) is 24.6 Å². The van der Waals surface area contributed by atoms with Crippen LogP contribution in [0.2, 0.25) is 0 Å². The lowest BCUT2D eigenvalue weighted by Crippen LogP contribution is -2.48. The Morgan fingerprint density at radius 2 is 1.92 bits per heavy atom. The monoisotopic (exact) mass is 362 g/mol. The van der Waals surface area contributed by atoms with Gasteiger partial charge in [0, 0.05) is 13.1 Å². The molecule has 3 rings (SSSR count). The second-order valence-electron chi connectivity index (χ2n) is 5.35. The van der Waals surface area contributed by atoms with Gasteiger partial charge in [-0.3, -0.25) is 24.5 Å². The summed E-state index contributed by atoms with van der Waals surface area (Å²) in [5.41, 5.74) is 0. The maximum absolute atomic E-state index is 12.4. The molecule has 0 atom stereocenters. The standard InChI is InChI=1S/C15H14N4O7/c20-12(9-16-14(21)10-3-1-8-25-10)17-6-2-7-18(17)15(22)11-4-5-13(26-11)19(23)24/h1,3-5,8H,2,6-7,9H2,(H,16,21). The van der Waals surface area contributed by atoms with Gasteiger partial charge in [0.15, 0.2) is 5.76 Å². The van der Waals surface area contributed by atoms with Gasteiger partial charge < -0.3 is 14.2 Å². The predicted octanol–water partition coefficient (Wildman–Crippen LogP) is 0.800. The van der Waals surface area contributed by atoms with Crippen molar-refractivity contribution < 1.29 is 28.1 Å². The zero-order valence-electron chi connectivity index (χ0n) is 13.4. The van der Waals surface area contributed by atoms with Crippen LogP contribution in [-0.4, -0.2) is 52.3 Å². The molecule has 1 saturated heterocycles. The van der Waals surface area contributed by atoms with Crippen LogP contribution >= 0.6 is 0 Å². The molecule has 1 aliphatic rings. The minimum Gasteiger partial charge on any atom is -0.459 e. The second kappa shape index (κ2) is 7.09. The highest BCUT2D eigenvalue weighted by Gasteiger charge is 2.33. The summed E-state index contributed by atoms with van der Waals surface area (Å²) >= 11 is 0. The molecule has 0 radical (unpaired) electrons. The van der Waals surface area contributed by atoms with E-state index in [0.717, 1.165) is 11.1 Å². The van der Waals surface area contributed by atoms with Crippen LogP contribution in [0.1, 0.15) is 27.5 Å². The normalized spacial score (nSPS) is 13.7. The first kappa shape index (κ1) is 17.2. The Kier molecular flexibility index (Phi) is 4.69. The summed E-state index contributed by atoms with van der Waals surface area (Å²) in [5.74, 6) is -2.46. The molecular weight excluding hydrogens is 348 g/mol. The first-order chi connectivity index (χ1) is 12.5. The van der Waals surface area contributed by atoms with Crippen LogP contribution in [0, 0.1) is 10.1 Å². The highest BCUT2D eigenvalue weighted by atomic mass is 16.6. The van der Waals surface area contributed by atoms with E-state index >= 15 is 0 Å². The number of carbonyl (C=O) groups is 3. The Morgan fingerprint density at radius 1 is 1.15 bits per heavy atom. The number of hydrogen-bond acceptors (Lipinski definition) is 7. The minimum absolute atomic E-state index is 0.0649. The first-order valence-corrected chi connectivity index (χ1v) is 7.65. The molecule has 1 fully saturated rings. The largest absolute Gasteiger partial charge is 0.459 e. The van der Waals surface area contributed by atoms with E-state index in [-0.39, 0.29) is 31.2 Å². The Balaban J connectivity index is 1.63. The van der Waals surface area contributed by atoms with E-state index in [1.165, 1.54) is 23.4 Å². The number of amides is 3. The second-order valence-corrected chi connectivity index (χ2v) is 5.35. The molecule has 0 aliphatic carbocycles. The molecule has 3 heterocycles. The molecule has 11 nitrogen and oxygen atoms in total. The van der Waals surface area contributed by atoms with E-state index in [9.17, 15) is 24.5 Å². The van der Waals surface area contributed by atoms with Gasteiger partial charge in [-0.15, -0.1) is 0 Å². The first-order valence-electron chi connectivity index (χ1n) is 7.65. The van der Waals surface area contributed by atoms with E-state index in [1.54, 1.807) is 6.07 Å². The zero-order chi connectivity index (χ0) is 18.7. The molecule has 0 saturated carbocycles. The molecule has 2 aromatic heterocycles. The molecule has 0 aromatic carbocycles. The molecule has 1 N–H and O–H groups in total. The summed E-state index contributed by atoms with van der Waals surface area (Å²) in [6.45, 7) is 0.205. The maximum Gasteiger partial charge on any atom is 0.433 e. The number of nitrogens with one attached hydrogen (secondary N) is 1. The van der Waals surface area contributed by atoms with Crippen molar-refractivity contribution in [2.45, 2.75) is 6.42 Å². The number of hydrogen-bond donors (Lipinski definition) is 1. The Hall–Kier alpha value is -3.63. The topological polar surface area (TPSA) is 139 Å². The van der Waals surface area contributed by atoms with Gasteiger partial charge in [-0.25, -0.2) is 10.0 Å². The van der Waals surface area contributed by atoms with E-state index in [2.05, 4.69) is 5.32 Å². The molecule has 0 unspecified atom stereocenters. The van der Waals surface area contributed by atoms with Gasteiger partial charge in [0.05, 0.1) is 18.9 Å². The fraction of sp³-hybridized carbons (Fsp3) is 0.267. The lowest BCUT2D eigenvalue weighted by atomic mass is 10.4. The molecule has 3 amide bonds. The van der Waals surface area contributed by atoms with Gasteiger partial charge in [0.25, 0.3) is 11.8 Å². The quantitative estimate of drug-likeness (QED) is 0.613. The third-order valence-corrected chi connectivity index (χ3v) is 3.68. The van der Waals surface area contributed by atoms with Crippen LogP contribution in [0.15, 0.2) is 39.4 Å². The molecule has 1 aliphatic heterocycles. The predicted molar refractivity (Wildman–Crippen MR) is 83.8 cm³/mol. The van der Waals surface area contributed by atoms with E-state index in [1.807, 2.05) is 0 Å². The van der Waals surface area contributed by atoms with Crippen molar-refractivity contribution in [2.75, 3.05) is 19.6 Å². The van der Waals surface area contributed by atoms with Crippen molar-refractivity contribution >= 4 is 23.6 Å². The van der Waals surface area contributed by atoms with E-state index < -0.39 is 28.5 Å². The summed E-state index contributed by atoms with van der Waals surface area (Å²) in [5, 5.41) is 15.4. The van der Waals surface area contributed by atoms with Crippen molar-refractivity contribution in [2.24, 2.45) is 0 Å². The number of nitrogens with zero attached hydrogens (tertiary/aromatic N) is 3. The van der Waals surface area contributed by atoms with Crippen LogP contribution in [0.3, 0.4) is 0 Å². The number of hydrazine groups is 1. The fourth-order valence-corrected chi connectivity index (χ4v) is 2.49. The smallest absolute Gasteiger partial charge is 0.433 e. The lowest BCUT2D eigenvalue weighted by Gasteiger charge is -2.27. The highest BCUT2D eigenvalue weighted by Crippen LogP contribution is 2.20. The van der Waals surface area contributed by atoms with Crippen molar-refractivity contribution in [3.05, 3.63) is 52.2 Å². The lowest BCUT2D eigenvalue weighted by molar-refractivity contribution is -0.402. The Bertz CT molecular complexity index is 842. The van der Waals surface area contributed by atoms with Crippen LogP contribution in [0.5, 0.6) is 0 Å². The summed E-state index contributed by atoms with van der Waals surface area (Å²) in [7, 11) is 0. The van der Waals surface area contributed by atoms with Gasteiger partial charge in [0.2, 0.25) is 5.76 Å². The summed E-state index contributed by atoms with van der Waals surface area (Å²) in [6.07, 6.45) is 1.87. The minimum atomic E-state index is -0.756. The Labute approximate surface area is 146 Å².